The van der Waals surface area contributed by atoms with Crippen molar-refractivity contribution >= 4 is 37.6 Å². The first-order valence-corrected chi connectivity index (χ1v) is 10.3. The highest BCUT2D eigenvalue weighted by Crippen LogP contribution is 2.32. The van der Waals surface area contributed by atoms with Crippen molar-refractivity contribution in [3.63, 3.8) is 0 Å². The molecule has 0 aliphatic rings. The van der Waals surface area contributed by atoms with Gasteiger partial charge in [0.25, 0.3) is 5.56 Å². The number of nitrogens with one attached hydrogen (secondary N) is 3. The van der Waals surface area contributed by atoms with Gasteiger partial charge in [0.05, 0.1) is 33.9 Å². The minimum atomic E-state index is -3.72. The Morgan fingerprint density at radius 1 is 1.14 bits per heavy atom. The van der Waals surface area contributed by atoms with Gasteiger partial charge < -0.3 is 20.4 Å². The van der Waals surface area contributed by atoms with Gasteiger partial charge in [-0.2, -0.15) is 0 Å². The van der Waals surface area contributed by atoms with Gasteiger partial charge in [0.15, 0.2) is 5.69 Å². The van der Waals surface area contributed by atoms with Gasteiger partial charge >= 0.3 is 0 Å². The molecular weight excluding hydrogens is 394 g/mol. The van der Waals surface area contributed by atoms with E-state index in [1.54, 1.807) is 24.3 Å². The fourth-order valence-corrected chi connectivity index (χ4v) is 4.15. The highest BCUT2D eigenvalue weighted by Gasteiger charge is 2.19. The topological polar surface area (TPSA) is 143 Å². The number of benzene rings is 2. The Morgan fingerprint density at radius 3 is 2.72 bits per heavy atom. The molecule has 0 aliphatic heterocycles. The first kappa shape index (κ1) is 19.1. The molecule has 0 spiro atoms. The molecule has 0 amide bonds. The maximum atomic E-state index is 12.5. The van der Waals surface area contributed by atoms with Crippen molar-refractivity contribution in [2.45, 2.75) is 4.90 Å². The van der Waals surface area contributed by atoms with Crippen LogP contribution in [0, 0.1) is 0 Å². The Bertz CT molecular complexity index is 1370. The quantitative estimate of drug-likeness (QED) is 0.353. The van der Waals surface area contributed by atoms with E-state index in [0.29, 0.717) is 27.6 Å². The molecule has 0 radical (unpaired) electrons. The van der Waals surface area contributed by atoms with E-state index in [-0.39, 0.29) is 29.4 Å². The van der Waals surface area contributed by atoms with Crippen LogP contribution in [-0.2, 0) is 14.8 Å². The van der Waals surface area contributed by atoms with Crippen LogP contribution in [0.3, 0.4) is 0 Å². The summed E-state index contributed by atoms with van der Waals surface area (Å²) in [6.45, 7) is 0.412. The molecule has 2 aromatic heterocycles. The monoisotopic (exact) mass is 413 g/mol. The molecule has 0 saturated heterocycles. The van der Waals surface area contributed by atoms with Crippen LogP contribution in [0.2, 0.25) is 0 Å². The number of aromatic amines is 2. The molecule has 29 heavy (non-hydrogen) atoms. The van der Waals surface area contributed by atoms with E-state index >= 15 is 0 Å². The van der Waals surface area contributed by atoms with Crippen molar-refractivity contribution in [3.8, 4) is 11.4 Å². The number of anilines is 1. The minimum absolute atomic E-state index is 0.0683. The zero-order valence-corrected chi connectivity index (χ0v) is 16.3. The van der Waals surface area contributed by atoms with Crippen LogP contribution in [-0.4, -0.2) is 43.6 Å². The third-order valence-corrected chi connectivity index (χ3v) is 6.01. The van der Waals surface area contributed by atoms with Crippen molar-refractivity contribution in [2.75, 3.05) is 26.0 Å². The van der Waals surface area contributed by atoms with Crippen molar-refractivity contribution < 1.29 is 13.2 Å². The zero-order chi connectivity index (χ0) is 20.6. The average Bonchev–Trinajstić information content (AvgIpc) is 3.03. The molecule has 0 unspecified atom stereocenters. The molecule has 10 heteroatoms. The first-order chi connectivity index (χ1) is 13.9. The number of ether oxygens (including phenoxy) is 1. The standard InChI is InChI=1S/C19H19N5O4S/c1-28-9-8-21-29(26,27)11-6-7-13-12(10-11)16(20)17(22-13)18-19(25)24-15-5-3-2-4-14(15)23-18/h2-7,10,21-22H,8-9,20H2,1H3,(H,24,25). The molecule has 5 N–H and O–H groups in total. The molecule has 150 valence electrons. The molecule has 4 aromatic rings. The Kier molecular flexibility index (Phi) is 4.82. The Balaban J connectivity index is 1.81. The fourth-order valence-electron chi connectivity index (χ4n) is 3.11. The number of nitrogens with two attached hydrogens (primary N) is 1. The summed E-state index contributed by atoms with van der Waals surface area (Å²) in [4.78, 5) is 22.9. The van der Waals surface area contributed by atoms with E-state index in [2.05, 4.69) is 19.7 Å². The van der Waals surface area contributed by atoms with Gasteiger partial charge in [-0.3, -0.25) is 4.79 Å². The molecule has 0 aliphatic carbocycles. The van der Waals surface area contributed by atoms with Crippen molar-refractivity contribution in [2.24, 2.45) is 0 Å². The predicted molar refractivity (Wildman–Crippen MR) is 111 cm³/mol. The lowest BCUT2D eigenvalue weighted by atomic mass is 10.2. The number of rotatable bonds is 6. The highest BCUT2D eigenvalue weighted by molar-refractivity contribution is 7.89. The van der Waals surface area contributed by atoms with Gasteiger partial charge in [-0.15, -0.1) is 0 Å². The summed E-state index contributed by atoms with van der Waals surface area (Å²) in [6, 6.07) is 11.7. The molecule has 2 aromatic carbocycles. The molecule has 0 saturated carbocycles. The molecule has 0 atom stereocenters. The lowest BCUT2D eigenvalue weighted by molar-refractivity contribution is 0.204. The zero-order valence-electron chi connectivity index (χ0n) is 15.5. The summed E-state index contributed by atoms with van der Waals surface area (Å²) in [7, 11) is -2.23. The lowest BCUT2D eigenvalue weighted by Gasteiger charge is -2.06. The van der Waals surface area contributed by atoms with E-state index in [9.17, 15) is 13.2 Å². The van der Waals surface area contributed by atoms with Crippen molar-refractivity contribution in [1.82, 2.24) is 19.7 Å². The first-order valence-electron chi connectivity index (χ1n) is 8.80. The molecule has 4 rings (SSSR count). The van der Waals surface area contributed by atoms with E-state index < -0.39 is 15.6 Å². The largest absolute Gasteiger partial charge is 0.396 e. The summed E-state index contributed by atoms with van der Waals surface area (Å²) in [5.41, 5.74) is 8.43. The number of sulfonamides is 1. The smallest absolute Gasteiger partial charge is 0.276 e. The van der Waals surface area contributed by atoms with Gasteiger partial charge in [-0.25, -0.2) is 18.1 Å². The number of fused-ring (bicyclic) bond motifs is 2. The summed E-state index contributed by atoms with van der Waals surface area (Å²) >= 11 is 0. The van der Waals surface area contributed by atoms with Gasteiger partial charge in [0, 0.05) is 24.6 Å². The Morgan fingerprint density at radius 2 is 1.93 bits per heavy atom. The summed E-state index contributed by atoms with van der Waals surface area (Å²) in [5, 5.41) is 0.490. The van der Waals surface area contributed by atoms with Crippen molar-refractivity contribution in [1.29, 1.82) is 0 Å². The second-order valence-electron chi connectivity index (χ2n) is 6.44. The van der Waals surface area contributed by atoms with Gasteiger partial charge in [0.2, 0.25) is 10.0 Å². The van der Waals surface area contributed by atoms with Gasteiger partial charge in [-0.1, -0.05) is 12.1 Å². The van der Waals surface area contributed by atoms with Crippen molar-refractivity contribution in [3.05, 3.63) is 52.8 Å². The predicted octanol–water partition coefficient (Wildman–Crippen LogP) is 1.58. The third-order valence-electron chi connectivity index (χ3n) is 4.56. The minimum Gasteiger partial charge on any atom is -0.396 e. The number of H-pyrrole nitrogens is 2. The number of methoxy groups -OCH3 is 1. The average molecular weight is 413 g/mol. The maximum absolute atomic E-state index is 12.5. The molecule has 9 nitrogen and oxygen atoms in total. The highest BCUT2D eigenvalue weighted by atomic mass is 32.2. The normalized spacial score (nSPS) is 12.0. The van der Waals surface area contributed by atoms with Crippen LogP contribution in [0.4, 0.5) is 5.69 Å². The van der Waals surface area contributed by atoms with Gasteiger partial charge in [-0.05, 0) is 30.3 Å². The number of nitrogen functional groups attached to an aromatic ring is 1. The number of hydrogen-bond acceptors (Lipinski definition) is 6. The maximum Gasteiger partial charge on any atom is 0.276 e. The summed E-state index contributed by atoms with van der Waals surface area (Å²) < 4.78 is 32.2. The van der Waals surface area contributed by atoms with Gasteiger partial charge in [0.1, 0.15) is 0 Å². The Labute approximate surface area is 166 Å². The second kappa shape index (κ2) is 7.32. The lowest BCUT2D eigenvalue weighted by Crippen LogP contribution is -2.27. The van der Waals surface area contributed by atoms with E-state index in [0.717, 1.165) is 0 Å². The SMILES string of the molecule is COCCNS(=O)(=O)c1ccc2[nH]c(-c3nc4ccccc4[nH]c3=O)c(N)c2c1. The van der Waals surface area contributed by atoms with E-state index in [1.165, 1.54) is 19.2 Å². The van der Waals surface area contributed by atoms with Crippen LogP contribution in [0.5, 0.6) is 0 Å². The number of para-hydroxylation sites is 2. The third kappa shape index (κ3) is 3.48. The van der Waals surface area contributed by atoms with E-state index in [4.69, 9.17) is 10.5 Å². The van der Waals surface area contributed by atoms with Crippen LogP contribution in [0.25, 0.3) is 33.3 Å². The molecule has 0 bridgehead atoms. The number of aromatic nitrogens is 3. The van der Waals surface area contributed by atoms with E-state index in [1.807, 2.05) is 6.07 Å². The van der Waals surface area contributed by atoms with Crippen LogP contribution in [0.15, 0.2) is 52.2 Å². The summed E-state index contributed by atoms with van der Waals surface area (Å²) in [5.74, 6) is 0. The molecular formula is C19H19N5O4S. The Hall–Kier alpha value is -3.21. The fraction of sp³-hybridized carbons (Fsp3) is 0.158. The molecule has 0 fully saturated rings. The van der Waals surface area contributed by atoms with Crippen LogP contribution >= 0.6 is 0 Å². The second-order valence-corrected chi connectivity index (χ2v) is 8.21. The van der Waals surface area contributed by atoms with Crippen LogP contribution < -0.4 is 16.0 Å². The number of hydrogen-bond donors (Lipinski definition) is 4. The van der Waals surface area contributed by atoms with Crippen LogP contribution in [0.1, 0.15) is 0 Å². The molecule has 2 heterocycles. The summed E-state index contributed by atoms with van der Waals surface area (Å²) in [6.07, 6.45) is 0. The number of nitrogens with zero attached hydrogens (tertiary/aromatic N) is 1.